The Labute approximate surface area is 198 Å². The molecule has 0 radical (unpaired) electrons. The number of hydrogen-bond acceptors (Lipinski definition) is 6. The molecule has 1 aliphatic heterocycles. The lowest BCUT2D eigenvalue weighted by Gasteiger charge is -2.37. The van der Waals surface area contributed by atoms with E-state index in [0.717, 1.165) is 24.8 Å². The van der Waals surface area contributed by atoms with Gasteiger partial charge in [-0.3, -0.25) is 19.2 Å². The molecule has 1 saturated heterocycles. The van der Waals surface area contributed by atoms with Gasteiger partial charge in [0.15, 0.2) is 5.78 Å². The van der Waals surface area contributed by atoms with E-state index in [9.17, 15) is 14.0 Å². The van der Waals surface area contributed by atoms with Crippen molar-refractivity contribution in [2.75, 3.05) is 13.1 Å². The Kier molecular flexibility index (Phi) is 7.60. The maximum absolute atomic E-state index is 14.7. The van der Waals surface area contributed by atoms with Crippen LogP contribution < -0.4 is 0 Å². The quantitative estimate of drug-likeness (QED) is 0.404. The highest BCUT2D eigenvalue weighted by Crippen LogP contribution is 2.39. The zero-order valence-corrected chi connectivity index (χ0v) is 19.3. The zero-order chi connectivity index (χ0) is 23.4. The van der Waals surface area contributed by atoms with E-state index >= 15 is 0 Å². The van der Waals surface area contributed by atoms with Crippen LogP contribution in [0.2, 0.25) is 0 Å². The van der Waals surface area contributed by atoms with Crippen LogP contribution in [0.4, 0.5) is 4.39 Å². The molecule has 0 bridgehead atoms. The molecule has 2 aliphatic rings. The molecule has 33 heavy (non-hydrogen) atoms. The predicted octanol–water partition coefficient (Wildman–Crippen LogP) is 3.78. The zero-order valence-electron chi connectivity index (χ0n) is 18.4. The van der Waals surface area contributed by atoms with E-state index in [2.05, 4.69) is 15.2 Å². The number of unbranched alkanes of at least 4 members (excludes halogenated alkanes) is 1. The van der Waals surface area contributed by atoms with Gasteiger partial charge in [-0.1, -0.05) is 23.4 Å². The third kappa shape index (κ3) is 6.09. The topological polar surface area (TPSA) is 88.3 Å². The van der Waals surface area contributed by atoms with Crippen LogP contribution in [0.15, 0.2) is 36.0 Å². The van der Waals surface area contributed by atoms with E-state index in [0.29, 0.717) is 43.7 Å². The summed E-state index contributed by atoms with van der Waals surface area (Å²) in [4.78, 5) is 25.9. The molecule has 2 unspecified atom stereocenters. The highest BCUT2D eigenvalue weighted by atomic mass is 32.1. The summed E-state index contributed by atoms with van der Waals surface area (Å²) >= 11 is 4.74. The number of thiol groups is 1. The van der Waals surface area contributed by atoms with Crippen molar-refractivity contribution < 1.29 is 19.1 Å². The molecular weight excluding hydrogens is 443 g/mol. The van der Waals surface area contributed by atoms with E-state index < -0.39 is 12.0 Å². The lowest BCUT2D eigenvalue weighted by atomic mass is 9.93. The van der Waals surface area contributed by atoms with E-state index in [1.165, 1.54) is 6.07 Å². The number of Topliss-reactive ketones (excluding diaryl/α,β-unsaturated/α-hetero) is 1. The monoisotopic (exact) mass is 472 g/mol. The molecule has 1 aromatic heterocycles. The van der Waals surface area contributed by atoms with E-state index in [4.69, 9.17) is 17.7 Å². The number of benzene rings is 1. The second-order valence-electron chi connectivity index (χ2n) is 8.85. The molecule has 9 heteroatoms. The van der Waals surface area contributed by atoms with Crippen molar-refractivity contribution in [3.8, 4) is 0 Å². The summed E-state index contributed by atoms with van der Waals surface area (Å²) in [5.74, 6) is -1.02. The minimum atomic E-state index is -0.797. The number of aromatic nitrogens is 3. The molecule has 1 aromatic carbocycles. The van der Waals surface area contributed by atoms with Gasteiger partial charge in [0.2, 0.25) is 0 Å². The number of likely N-dealkylation sites (tertiary alicyclic amines) is 1. The molecule has 2 aromatic rings. The number of carboxylic acids is 1. The standard InChI is InChI=1S/C24H29FN4O3S/c25-20-6-2-1-5-19(20)23(24(32)16-8-9-16)28-12-10-21(33)17(14-28)13-18-15-29(27-26-18)11-4-3-7-22(30)31/h1-2,5-6,13,15-16,21,23,33H,3-4,7-12,14H2,(H,30,31). The second-order valence-corrected chi connectivity index (χ2v) is 9.48. The molecule has 2 atom stereocenters. The van der Waals surface area contributed by atoms with Gasteiger partial charge in [0.1, 0.15) is 11.5 Å². The van der Waals surface area contributed by atoms with E-state index in [1.807, 2.05) is 12.3 Å². The molecular formula is C24H29FN4O3S. The summed E-state index contributed by atoms with van der Waals surface area (Å²) in [5.41, 5.74) is 2.16. The maximum atomic E-state index is 14.7. The molecule has 176 valence electrons. The van der Waals surface area contributed by atoms with Crippen LogP contribution in [0, 0.1) is 11.7 Å². The van der Waals surface area contributed by atoms with E-state index in [-0.39, 0.29) is 29.2 Å². The minimum Gasteiger partial charge on any atom is -0.481 e. The van der Waals surface area contributed by atoms with Crippen LogP contribution in [0.5, 0.6) is 0 Å². The molecule has 4 rings (SSSR count). The number of halogens is 1. The lowest BCUT2D eigenvalue weighted by Crippen LogP contribution is -2.42. The van der Waals surface area contributed by atoms with Gasteiger partial charge < -0.3 is 5.11 Å². The normalized spacial score (nSPS) is 21.3. The first-order valence-electron chi connectivity index (χ1n) is 11.4. The Balaban J connectivity index is 1.49. The van der Waals surface area contributed by atoms with Crippen LogP contribution >= 0.6 is 12.6 Å². The van der Waals surface area contributed by atoms with Crippen LogP contribution in [0.25, 0.3) is 6.08 Å². The fraction of sp³-hybridized carbons (Fsp3) is 0.500. The second kappa shape index (κ2) is 10.6. The Morgan fingerprint density at radius 3 is 2.76 bits per heavy atom. The van der Waals surface area contributed by atoms with Gasteiger partial charge in [0, 0.05) is 42.8 Å². The molecule has 2 fully saturated rings. The van der Waals surface area contributed by atoms with Crippen molar-refractivity contribution in [1.82, 2.24) is 19.9 Å². The van der Waals surface area contributed by atoms with Crippen molar-refractivity contribution in [2.24, 2.45) is 5.92 Å². The van der Waals surface area contributed by atoms with Crippen molar-refractivity contribution in [3.05, 3.63) is 53.1 Å². The average Bonchev–Trinajstić information content (AvgIpc) is 3.55. The fourth-order valence-electron chi connectivity index (χ4n) is 4.30. The Morgan fingerprint density at radius 2 is 2.03 bits per heavy atom. The Morgan fingerprint density at radius 1 is 1.24 bits per heavy atom. The van der Waals surface area contributed by atoms with Crippen molar-refractivity contribution in [3.63, 3.8) is 0 Å². The predicted molar refractivity (Wildman–Crippen MR) is 125 cm³/mol. The molecule has 0 amide bonds. The number of hydrogen-bond donors (Lipinski definition) is 2. The van der Waals surface area contributed by atoms with Gasteiger partial charge in [0.05, 0.1) is 12.2 Å². The minimum absolute atomic E-state index is 0.0248. The molecule has 1 aliphatic carbocycles. The number of piperidine rings is 1. The van der Waals surface area contributed by atoms with Gasteiger partial charge in [-0.15, -0.1) is 5.10 Å². The first-order valence-corrected chi connectivity index (χ1v) is 12.0. The molecule has 1 saturated carbocycles. The highest BCUT2D eigenvalue weighted by molar-refractivity contribution is 7.81. The summed E-state index contributed by atoms with van der Waals surface area (Å²) < 4.78 is 16.4. The SMILES string of the molecule is O=C(O)CCCCn1cc(C=C2CN(C(C(=O)C3CC3)c3ccccc3F)CCC2S)nn1. The molecule has 1 N–H and O–H groups in total. The summed E-state index contributed by atoms with van der Waals surface area (Å²) in [7, 11) is 0. The summed E-state index contributed by atoms with van der Waals surface area (Å²) in [5, 5.41) is 17.1. The lowest BCUT2D eigenvalue weighted by molar-refractivity contribution is -0.137. The third-order valence-electron chi connectivity index (χ3n) is 6.24. The van der Waals surface area contributed by atoms with Crippen molar-refractivity contribution in [1.29, 1.82) is 0 Å². The van der Waals surface area contributed by atoms with Gasteiger partial charge in [-0.05, 0) is 49.8 Å². The summed E-state index contributed by atoms with van der Waals surface area (Å²) in [6, 6.07) is 5.97. The average molecular weight is 473 g/mol. The highest BCUT2D eigenvalue weighted by Gasteiger charge is 2.40. The number of aliphatic carboxylic acids is 1. The first-order chi connectivity index (χ1) is 15.9. The maximum Gasteiger partial charge on any atom is 0.303 e. The number of carboxylic acid groups (broad SMARTS) is 1. The van der Waals surface area contributed by atoms with Gasteiger partial charge in [-0.2, -0.15) is 12.6 Å². The number of rotatable bonds is 10. The fourth-order valence-corrected chi connectivity index (χ4v) is 4.57. The van der Waals surface area contributed by atoms with Crippen LogP contribution in [-0.4, -0.2) is 55.1 Å². The van der Waals surface area contributed by atoms with Gasteiger partial charge >= 0.3 is 5.97 Å². The third-order valence-corrected chi connectivity index (χ3v) is 6.82. The van der Waals surface area contributed by atoms with E-state index in [1.54, 1.807) is 22.9 Å². The van der Waals surface area contributed by atoms with Gasteiger partial charge in [0.25, 0.3) is 0 Å². The largest absolute Gasteiger partial charge is 0.481 e. The Hall–Kier alpha value is -2.52. The number of carbonyl (C=O) groups excluding carboxylic acids is 1. The van der Waals surface area contributed by atoms with Crippen LogP contribution in [-0.2, 0) is 16.1 Å². The summed E-state index contributed by atoms with van der Waals surface area (Å²) in [6.07, 6.45) is 7.73. The van der Waals surface area contributed by atoms with Crippen LogP contribution in [0.3, 0.4) is 0 Å². The summed E-state index contributed by atoms with van der Waals surface area (Å²) in [6.45, 7) is 1.78. The smallest absolute Gasteiger partial charge is 0.303 e. The number of carbonyl (C=O) groups is 2. The van der Waals surface area contributed by atoms with Crippen molar-refractivity contribution in [2.45, 2.75) is 56.4 Å². The molecule has 7 nitrogen and oxygen atoms in total. The molecule has 2 heterocycles. The number of nitrogens with zero attached hydrogens (tertiary/aromatic N) is 4. The molecule has 0 spiro atoms. The van der Waals surface area contributed by atoms with Crippen LogP contribution in [0.1, 0.15) is 55.8 Å². The van der Waals surface area contributed by atoms with Gasteiger partial charge in [-0.25, -0.2) is 4.39 Å². The number of aryl methyl sites for hydroxylation is 1. The first kappa shape index (κ1) is 23.6. The van der Waals surface area contributed by atoms with Crippen molar-refractivity contribution >= 4 is 30.5 Å². The Bertz CT molecular complexity index is 1040. The number of ketones is 1.